The molecular weight excluding hydrogens is 416 g/mol. The fraction of sp³-hybridized carbons (Fsp3) is 0.261. The first-order valence-electron chi connectivity index (χ1n) is 9.61. The van der Waals surface area contributed by atoms with Crippen LogP contribution in [0, 0.1) is 0 Å². The first-order valence-corrected chi connectivity index (χ1v) is 10.4. The van der Waals surface area contributed by atoms with Crippen LogP contribution in [0.5, 0.6) is 5.75 Å². The molecule has 3 rings (SSSR count). The maximum absolute atomic E-state index is 12.3. The number of aromatic nitrogens is 2. The van der Waals surface area contributed by atoms with E-state index < -0.39 is 16.7 Å². The first kappa shape index (κ1) is 22.4. The van der Waals surface area contributed by atoms with Crippen LogP contribution >= 0.6 is 11.8 Å². The lowest BCUT2D eigenvalue weighted by Crippen LogP contribution is -2.26. The highest BCUT2D eigenvalue weighted by atomic mass is 32.2. The van der Waals surface area contributed by atoms with Gasteiger partial charge >= 0.3 is 11.9 Å². The molecule has 8 heteroatoms. The highest BCUT2D eigenvalue weighted by Crippen LogP contribution is 2.32. The van der Waals surface area contributed by atoms with E-state index >= 15 is 0 Å². The van der Waals surface area contributed by atoms with Gasteiger partial charge in [0, 0.05) is 16.7 Å². The van der Waals surface area contributed by atoms with Crippen molar-refractivity contribution < 1.29 is 24.2 Å². The van der Waals surface area contributed by atoms with Crippen molar-refractivity contribution in [2.24, 2.45) is 0 Å². The molecule has 0 fully saturated rings. The number of benzene rings is 2. The van der Waals surface area contributed by atoms with Crippen LogP contribution in [0.4, 0.5) is 0 Å². The molecule has 1 N–H and O–H groups in total. The molecule has 0 aliphatic heterocycles. The van der Waals surface area contributed by atoms with Gasteiger partial charge in [-0.3, -0.25) is 9.48 Å². The number of carbonyl (C=O) groups is 2. The molecule has 3 aromatic rings. The van der Waals surface area contributed by atoms with E-state index in [1.165, 1.54) is 11.8 Å². The Balaban J connectivity index is 1.53. The van der Waals surface area contributed by atoms with E-state index in [9.17, 15) is 14.7 Å². The van der Waals surface area contributed by atoms with Crippen LogP contribution in [0.3, 0.4) is 0 Å². The number of esters is 1. The Morgan fingerprint density at radius 3 is 2.35 bits per heavy atom. The number of carboxylic acid groups (broad SMARTS) is 1. The Kier molecular flexibility index (Phi) is 7.02. The largest absolute Gasteiger partial charge is 0.497 e. The summed E-state index contributed by atoms with van der Waals surface area (Å²) in [5, 5.41) is 13.5. The lowest BCUT2D eigenvalue weighted by Gasteiger charge is -2.18. The summed E-state index contributed by atoms with van der Waals surface area (Å²) in [6.07, 6.45) is 3.51. The fourth-order valence-electron chi connectivity index (χ4n) is 2.71. The van der Waals surface area contributed by atoms with Crippen LogP contribution in [-0.2, 0) is 22.7 Å². The minimum absolute atomic E-state index is 0.115. The minimum atomic E-state index is -0.950. The zero-order valence-corrected chi connectivity index (χ0v) is 18.4. The predicted octanol–water partition coefficient (Wildman–Crippen LogP) is 4.25. The molecule has 1 aromatic heterocycles. The summed E-state index contributed by atoms with van der Waals surface area (Å²) in [6, 6.07) is 14.4. The smallest absolute Gasteiger partial charge is 0.338 e. The van der Waals surface area contributed by atoms with Crippen molar-refractivity contribution in [2.45, 2.75) is 36.6 Å². The highest BCUT2D eigenvalue weighted by molar-refractivity contribution is 8.01. The molecule has 0 unspecified atom stereocenters. The fourth-order valence-corrected chi connectivity index (χ4v) is 3.66. The van der Waals surface area contributed by atoms with Gasteiger partial charge in [0.05, 0.1) is 25.4 Å². The molecule has 31 heavy (non-hydrogen) atoms. The molecule has 0 radical (unpaired) electrons. The third-order valence-corrected chi connectivity index (χ3v) is 5.73. The number of aliphatic carboxylic acids is 1. The van der Waals surface area contributed by atoms with Crippen molar-refractivity contribution >= 4 is 23.7 Å². The molecule has 0 spiro atoms. The average Bonchev–Trinajstić information content (AvgIpc) is 3.20. The van der Waals surface area contributed by atoms with E-state index in [1.54, 1.807) is 56.1 Å². The van der Waals surface area contributed by atoms with Gasteiger partial charge in [0.15, 0.2) is 0 Å². The van der Waals surface area contributed by atoms with Crippen molar-refractivity contribution in [1.29, 1.82) is 0 Å². The average molecular weight is 441 g/mol. The molecule has 0 bridgehead atoms. The third kappa shape index (κ3) is 6.11. The number of carboxylic acids is 1. The van der Waals surface area contributed by atoms with E-state index in [0.29, 0.717) is 12.1 Å². The number of hydrogen-bond donors (Lipinski definition) is 1. The summed E-state index contributed by atoms with van der Waals surface area (Å²) < 4.78 is 11.4. The molecular formula is C23H24N2O5S. The Morgan fingerprint density at radius 1 is 1.06 bits per heavy atom. The monoisotopic (exact) mass is 440 g/mol. The van der Waals surface area contributed by atoms with E-state index in [1.807, 2.05) is 30.5 Å². The topological polar surface area (TPSA) is 90.7 Å². The standard InChI is InChI=1S/C23H24N2O5S/c1-23(2,22(27)28)31-20-10-6-18(7-11-20)21(26)30-15-17-12-24-25(14-17)13-16-4-8-19(29-3)9-5-16/h4-12,14H,13,15H2,1-3H3,(H,27,28). The van der Waals surface area contributed by atoms with E-state index in [0.717, 1.165) is 21.8 Å². The predicted molar refractivity (Wildman–Crippen MR) is 117 cm³/mol. The van der Waals surface area contributed by atoms with Gasteiger partial charge in [0.25, 0.3) is 0 Å². The molecule has 0 saturated heterocycles. The van der Waals surface area contributed by atoms with Gasteiger partial charge < -0.3 is 14.6 Å². The second-order valence-corrected chi connectivity index (χ2v) is 9.11. The number of carbonyl (C=O) groups excluding carboxylic acids is 1. The summed E-state index contributed by atoms with van der Waals surface area (Å²) in [4.78, 5) is 24.3. The van der Waals surface area contributed by atoms with Gasteiger partial charge in [-0.1, -0.05) is 12.1 Å². The molecule has 0 amide bonds. The van der Waals surface area contributed by atoms with Crippen LogP contribution in [-0.4, -0.2) is 38.7 Å². The molecule has 162 valence electrons. The molecule has 2 aromatic carbocycles. The van der Waals surface area contributed by atoms with Gasteiger partial charge in [0.2, 0.25) is 0 Å². The normalized spacial score (nSPS) is 11.2. The summed E-state index contributed by atoms with van der Waals surface area (Å²) in [7, 11) is 1.63. The van der Waals surface area contributed by atoms with Crippen molar-refractivity contribution in [3.8, 4) is 5.75 Å². The minimum Gasteiger partial charge on any atom is -0.497 e. The molecule has 0 saturated carbocycles. The zero-order valence-electron chi connectivity index (χ0n) is 17.6. The van der Waals surface area contributed by atoms with Crippen molar-refractivity contribution in [3.63, 3.8) is 0 Å². The second kappa shape index (κ2) is 9.70. The Labute approximate surface area is 185 Å². The van der Waals surface area contributed by atoms with Gasteiger partial charge in [-0.2, -0.15) is 5.10 Å². The van der Waals surface area contributed by atoms with Gasteiger partial charge in [-0.15, -0.1) is 11.8 Å². The second-order valence-electron chi connectivity index (χ2n) is 7.41. The quantitative estimate of drug-likeness (QED) is 0.393. The van der Waals surface area contributed by atoms with E-state index in [4.69, 9.17) is 9.47 Å². The van der Waals surface area contributed by atoms with Crippen molar-refractivity contribution in [2.75, 3.05) is 7.11 Å². The van der Waals surface area contributed by atoms with E-state index in [2.05, 4.69) is 5.10 Å². The Hall–Kier alpha value is -3.26. The third-order valence-electron chi connectivity index (χ3n) is 4.54. The molecule has 1 heterocycles. The number of thioether (sulfide) groups is 1. The molecule has 0 aliphatic rings. The van der Waals surface area contributed by atoms with Crippen LogP contribution < -0.4 is 4.74 Å². The van der Waals surface area contributed by atoms with Crippen LogP contribution in [0.1, 0.15) is 35.3 Å². The summed E-state index contributed by atoms with van der Waals surface area (Å²) in [5.41, 5.74) is 2.27. The number of hydrogen-bond acceptors (Lipinski definition) is 6. The maximum atomic E-state index is 12.3. The van der Waals surface area contributed by atoms with Crippen molar-refractivity contribution in [1.82, 2.24) is 9.78 Å². The highest BCUT2D eigenvalue weighted by Gasteiger charge is 2.28. The maximum Gasteiger partial charge on any atom is 0.338 e. The van der Waals surface area contributed by atoms with Gasteiger partial charge in [-0.05, 0) is 55.8 Å². The Bertz CT molecular complexity index is 1040. The molecule has 7 nitrogen and oxygen atoms in total. The molecule has 0 aliphatic carbocycles. The lowest BCUT2D eigenvalue weighted by molar-refractivity contribution is -0.138. The lowest BCUT2D eigenvalue weighted by atomic mass is 10.2. The number of nitrogens with zero attached hydrogens (tertiary/aromatic N) is 2. The number of rotatable bonds is 9. The summed E-state index contributed by atoms with van der Waals surface area (Å²) in [5.74, 6) is -0.542. The molecule has 0 atom stereocenters. The Morgan fingerprint density at radius 2 is 1.74 bits per heavy atom. The van der Waals surface area contributed by atoms with Crippen LogP contribution in [0.2, 0.25) is 0 Å². The summed E-state index contributed by atoms with van der Waals surface area (Å²) in [6.45, 7) is 3.99. The van der Waals surface area contributed by atoms with Crippen LogP contribution in [0.25, 0.3) is 0 Å². The zero-order chi connectivity index (χ0) is 22.4. The van der Waals surface area contributed by atoms with Crippen LogP contribution in [0.15, 0.2) is 65.8 Å². The SMILES string of the molecule is COc1ccc(Cn2cc(COC(=O)c3ccc(SC(C)(C)C(=O)O)cc3)cn2)cc1. The van der Waals surface area contributed by atoms with Crippen molar-refractivity contribution in [3.05, 3.63) is 77.6 Å². The van der Waals surface area contributed by atoms with Gasteiger partial charge in [0.1, 0.15) is 17.1 Å². The number of methoxy groups -OCH3 is 1. The van der Waals surface area contributed by atoms with E-state index in [-0.39, 0.29) is 6.61 Å². The summed E-state index contributed by atoms with van der Waals surface area (Å²) >= 11 is 1.22. The number of ether oxygens (including phenoxy) is 2. The van der Waals surface area contributed by atoms with Gasteiger partial charge in [-0.25, -0.2) is 4.79 Å². The first-order chi connectivity index (χ1) is 14.8.